The van der Waals surface area contributed by atoms with E-state index < -0.39 is 17.9 Å². The second-order valence-electron chi connectivity index (χ2n) is 5.63. The van der Waals surface area contributed by atoms with Gasteiger partial charge in [-0.3, -0.25) is 14.5 Å². The number of amides is 2. The molecule has 2 amide bonds. The molecule has 3 rings (SSSR count). The van der Waals surface area contributed by atoms with Gasteiger partial charge in [0.15, 0.2) is 6.61 Å². The maximum absolute atomic E-state index is 12.5. The molecule has 0 aliphatic carbocycles. The van der Waals surface area contributed by atoms with Gasteiger partial charge >= 0.3 is 5.97 Å². The standard InChI is InChI=1S/C18H18N2O5S/c1-3-11-10-26-17-14(16(22)20(17)15(11)18(23)24-2)19-13(21)9-25-12-7-5-4-6-8-12/h3-8,14,17H,1,9-10H2,2H3,(H,19,21)/t14-,17-/m1/s1. The number of benzene rings is 1. The van der Waals surface area contributed by atoms with E-state index in [1.807, 2.05) is 6.07 Å². The summed E-state index contributed by atoms with van der Waals surface area (Å²) in [6.07, 6.45) is 1.54. The van der Waals surface area contributed by atoms with Crippen molar-refractivity contribution in [3.8, 4) is 5.75 Å². The van der Waals surface area contributed by atoms with Crippen LogP contribution in [0.15, 0.2) is 54.3 Å². The number of carbonyl (C=O) groups is 3. The van der Waals surface area contributed by atoms with Gasteiger partial charge in [-0.2, -0.15) is 0 Å². The van der Waals surface area contributed by atoms with Gasteiger partial charge in [-0.15, -0.1) is 11.8 Å². The highest BCUT2D eigenvalue weighted by atomic mass is 32.2. The molecule has 1 fully saturated rings. The smallest absolute Gasteiger partial charge is 0.355 e. The van der Waals surface area contributed by atoms with Crippen LogP contribution in [0.3, 0.4) is 0 Å². The summed E-state index contributed by atoms with van der Waals surface area (Å²) in [6, 6.07) is 8.24. The highest BCUT2D eigenvalue weighted by Gasteiger charge is 2.54. The molecule has 136 valence electrons. The maximum atomic E-state index is 12.5. The summed E-state index contributed by atoms with van der Waals surface area (Å²) < 4.78 is 10.2. The molecule has 7 nitrogen and oxygen atoms in total. The lowest BCUT2D eigenvalue weighted by molar-refractivity contribution is -0.151. The average molecular weight is 374 g/mol. The normalized spacial score (nSPS) is 21.4. The van der Waals surface area contributed by atoms with Gasteiger partial charge in [0.1, 0.15) is 22.9 Å². The predicted molar refractivity (Wildman–Crippen MR) is 96.2 cm³/mol. The quantitative estimate of drug-likeness (QED) is 0.592. The van der Waals surface area contributed by atoms with Crippen LogP contribution in [0.2, 0.25) is 0 Å². The SMILES string of the molecule is C=CC1=C(C(=O)OC)N2C(=O)[C@@H](NC(=O)COc3ccccc3)[C@H]2SC1. The lowest BCUT2D eigenvalue weighted by Crippen LogP contribution is -2.70. The number of para-hydroxylation sites is 1. The number of fused-ring (bicyclic) bond motifs is 1. The molecule has 2 atom stereocenters. The molecule has 0 unspecified atom stereocenters. The lowest BCUT2D eigenvalue weighted by atomic mass is 10.0. The molecule has 0 saturated carbocycles. The maximum Gasteiger partial charge on any atom is 0.355 e. The fourth-order valence-corrected chi connectivity index (χ4v) is 4.11. The zero-order valence-corrected chi connectivity index (χ0v) is 15.0. The van der Waals surface area contributed by atoms with Crippen molar-refractivity contribution in [3.63, 3.8) is 0 Å². The Morgan fingerprint density at radius 3 is 2.77 bits per heavy atom. The van der Waals surface area contributed by atoms with E-state index in [0.717, 1.165) is 0 Å². The number of hydrogen-bond acceptors (Lipinski definition) is 6. The lowest BCUT2D eigenvalue weighted by Gasteiger charge is -2.49. The van der Waals surface area contributed by atoms with Crippen LogP contribution in [0, 0.1) is 0 Å². The van der Waals surface area contributed by atoms with E-state index in [1.165, 1.54) is 23.8 Å². The third-order valence-corrected chi connectivity index (χ3v) is 5.35. The van der Waals surface area contributed by atoms with Crippen molar-refractivity contribution in [1.82, 2.24) is 10.2 Å². The Labute approximate surface area is 155 Å². The first-order valence-electron chi connectivity index (χ1n) is 7.92. The number of allylic oxidation sites excluding steroid dienone is 1. The van der Waals surface area contributed by atoms with Crippen LogP contribution in [0.1, 0.15) is 0 Å². The predicted octanol–water partition coefficient (Wildman–Crippen LogP) is 1.08. The van der Waals surface area contributed by atoms with Crippen LogP contribution in [0.25, 0.3) is 0 Å². The number of β-lactam (4-membered cyclic amide) rings is 1. The summed E-state index contributed by atoms with van der Waals surface area (Å²) in [7, 11) is 1.26. The molecule has 2 aliphatic heterocycles. The number of carbonyl (C=O) groups excluding carboxylic acids is 3. The van der Waals surface area contributed by atoms with E-state index in [2.05, 4.69) is 11.9 Å². The molecule has 2 heterocycles. The summed E-state index contributed by atoms with van der Waals surface area (Å²) in [5.41, 5.74) is 0.839. The van der Waals surface area contributed by atoms with Crippen molar-refractivity contribution < 1.29 is 23.9 Å². The largest absolute Gasteiger partial charge is 0.484 e. The minimum absolute atomic E-state index is 0.192. The van der Waals surface area contributed by atoms with Crippen molar-refractivity contribution in [3.05, 3.63) is 54.3 Å². The molecule has 1 saturated heterocycles. The Kier molecular flexibility index (Phi) is 5.32. The van der Waals surface area contributed by atoms with Gasteiger partial charge in [0, 0.05) is 5.75 Å². The van der Waals surface area contributed by atoms with E-state index in [4.69, 9.17) is 9.47 Å². The number of rotatable bonds is 6. The van der Waals surface area contributed by atoms with Gasteiger partial charge in [0.2, 0.25) is 0 Å². The van der Waals surface area contributed by atoms with Crippen LogP contribution in [-0.4, -0.2) is 53.6 Å². The number of nitrogens with zero attached hydrogens (tertiary/aromatic N) is 1. The van der Waals surface area contributed by atoms with Gasteiger partial charge < -0.3 is 14.8 Å². The Balaban J connectivity index is 1.63. The van der Waals surface area contributed by atoms with E-state index in [9.17, 15) is 14.4 Å². The number of ether oxygens (including phenoxy) is 2. The Morgan fingerprint density at radius 2 is 2.12 bits per heavy atom. The molecule has 1 aromatic carbocycles. The second-order valence-corrected chi connectivity index (χ2v) is 6.73. The number of esters is 1. The first-order valence-corrected chi connectivity index (χ1v) is 8.97. The number of thioether (sulfide) groups is 1. The van der Waals surface area contributed by atoms with E-state index >= 15 is 0 Å². The fraction of sp³-hybridized carbons (Fsp3) is 0.278. The van der Waals surface area contributed by atoms with Gasteiger partial charge in [0.05, 0.1) is 7.11 Å². The van der Waals surface area contributed by atoms with Gasteiger partial charge in [-0.1, -0.05) is 30.9 Å². The first kappa shape index (κ1) is 18.1. The Bertz CT molecular complexity index is 777. The van der Waals surface area contributed by atoms with Gasteiger partial charge in [0.25, 0.3) is 11.8 Å². The average Bonchev–Trinajstić information content (AvgIpc) is 2.69. The minimum atomic E-state index is -0.696. The number of methoxy groups -OCH3 is 1. The van der Waals surface area contributed by atoms with Gasteiger partial charge in [-0.25, -0.2) is 4.79 Å². The molecule has 0 bridgehead atoms. The molecule has 0 radical (unpaired) electrons. The molecule has 1 aromatic rings. The molecule has 2 aliphatic rings. The molecule has 8 heteroatoms. The summed E-state index contributed by atoms with van der Waals surface area (Å²) in [5, 5.41) is 2.32. The Morgan fingerprint density at radius 1 is 1.38 bits per heavy atom. The van der Waals surface area contributed by atoms with Crippen molar-refractivity contribution >= 4 is 29.5 Å². The number of hydrogen-bond donors (Lipinski definition) is 1. The highest BCUT2D eigenvalue weighted by Crippen LogP contribution is 2.40. The van der Waals surface area contributed by atoms with Crippen LogP contribution in [0.5, 0.6) is 5.75 Å². The monoisotopic (exact) mass is 374 g/mol. The molecule has 0 aromatic heterocycles. The zero-order valence-electron chi connectivity index (χ0n) is 14.1. The molecular weight excluding hydrogens is 356 g/mol. The third kappa shape index (κ3) is 3.32. The molecule has 0 spiro atoms. The summed E-state index contributed by atoms with van der Waals surface area (Å²) in [4.78, 5) is 38.0. The third-order valence-electron chi connectivity index (χ3n) is 4.05. The Hall–Kier alpha value is -2.74. The van der Waals surface area contributed by atoms with E-state index in [0.29, 0.717) is 17.1 Å². The van der Waals surface area contributed by atoms with Crippen molar-refractivity contribution in [1.29, 1.82) is 0 Å². The molecule has 1 N–H and O–H groups in total. The van der Waals surface area contributed by atoms with Crippen LogP contribution < -0.4 is 10.1 Å². The first-order chi connectivity index (χ1) is 12.6. The summed E-state index contributed by atoms with van der Waals surface area (Å²) in [5.74, 6) is -0.256. The summed E-state index contributed by atoms with van der Waals surface area (Å²) >= 11 is 1.46. The minimum Gasteiger partial charge on any atom is -0.484 e. The molecule has 26 heavy (non-hydrogen) atoms. The zero-order chi connectivity index (χ0) is 18.7. The van der Waals surface area contributed by atoms with Crippen LogP contribution >= 0.6 is 11.8 Å². The fourth-order valence-electron chi connectivity index (χ4n) is 2.77. The van der Waals surface area contributed by atoms with Crippen molar-refractivity contribution in [2.24, 2.45) is 0 Å². The van der Waals surface area contributed by atoms with E-state index in [1.54, 1.807) is 30.3 Å². The summed E-state index contributed by atoms with van der Waals surface area (Å²) in [6.45, 7) is 3.49. The van der Waals surface area contributed by atoms with Gasteiger partial charge in [-0.05, 0) is 17.7 Å². The number of nitrogens with one attached hydrogen (secondary N) is 1. The van der Waals surface area contributed by atoms with Crippen LogP contribution in [-0.2, 0) is 19.1 Å². The van der Waals surface area contributed by atoms with Crippen molar-refractivity contribution in [2.45, 2.75) is 11.4 Å². The second kappa shape index (κ2) is 7.65. The highest BCUT2D eigenvalue weighted by molar-refractivity contribution is 8.00. The topological polar surface area (TPSA) is 84.9 Å². The molecular formula is C18H18N2O5S. The van der Waals surface area contributed by atoms with E-state index in [-0.39, 0.29) is 23.6 Å². The van der Waals surface area contributed by atoms with Crippen molar-refractivity contribution in [2.75, 3.05) is 19.5 Å². The van der Waals surface area contributed by atoms with Crippen LogP contribution in [0.4, 0.5) is 0 Å².